The molecule has 3 rings (SSSR count). The largest absolute Gasteiger partial charge is 0.369 e. The maximum absolute atomic E-state index is 11.1. The molecular weight excluding hydrogens is 296 g/mol. The normalized spacial score (nSPS) is 11.0. The average Bonchev–Trinajstić information content (AvgIpc) is 2.89. The summed E-state index contributed by atoms with van der Waals surface area (Å²) < 4.78 is 0. The van der Waals surface area contributed by atoms with Gasteiger partial charge in [-0.2, -0.15) is 0 Å². The van der Waals surface area contributed by atoms with Crippen molar-refractivity contribution in [2.24, 2.45) is 5.73 Å². The lowest BCUT2D eigenvalue weighted by Gasteiger charge is -2.05. The summed E-state index contributed by atoms with van der Waals surface area (Å²) in [5, 5.41) is 1.98. The Balaban J connectivity index is 2.14. The summed E-state index contributed by atoms with van der Waals surface area (Å²) in [5.41, 5.74) is 9.90. The highest BCUT2D eigenvalue weighted by Gasteiger charge is 2.11. The summed E-state index contributed by atoms with van der Waals surface area (Å²) >= 11 is 1.62. The second kappa shape index (κ2) is 5.81. The highest BCUT2D eigenvalue weighted by molar-refractivity contribution is 7.98. The van der Waals surface area contributed by atoms with Gasteiger partial charge in [0.15, 0.2) is 0 Å². The Bertz CT molecular complexity index is 856. The van der Waals surface area contributed by atoms with Crippen LogP contribution in [0.15, 0.2) is 35.6 Å². The molecule has 0 aromatic carbocycles. The van der Waals surface area contributed by atoms with E-state index in [4.69, 9.17) is 5.73 Å². The number of hydrogen-bond acceptors (Lipinski definition) is 4. The fourth-order valence-electron chi connectivity index (χ4n) is 2.43. The number of carbonyl (C=O) groups is 1. The summed E-state index contributed by atoms with van der Waals surface area (Å²) in [6, 6.07) is 6.01. The molecule has 5 nitrogen and oxygen atoms in total. The predicted molar refractivity (Wildman–Crippen MR) is 88.7 cm³/mol. The number of nitrogens with zero attached hydrogens (tertiary/aromatic N) is 2. The number of aryl methyl sites for hydroxylation is 1. The lowest BCUT2D eigenvalue weighted by molar-refractivity contribution is -0.117. The number of hydrogen-bond donors (Lipinski definition) is 2. The first-order valence-corrected chi connectivity index (χ1v) is 8.06. The van der Waals surface area contributed by atoms with E-state index in [-0.39, 0.29) is 12.3 Å². The van der Waals surface area contributed by atoms with Gasteiger partial charge in [-0.25, -0.2) is 4.98 Å². The van der Waals surface area contributed by atoms with E-state index >= 15 is 0 Å². The highest BCUT2D eigenvalue weighted by atomic mass is 32.2. The number of aromatic nitrogens is 3. The smallest absolute Gasteiger partial charge is 0.223 e. The minimum absolute atomic E-state index is 0.137. The lowest BCUT2D eigenvalue weighted by atomic mass is 10.1. The van der Waals surface area contributed by atoms with Crippen molar-refractivity contribution >= 4 is 28.6 Å². The van der Waals surface area contributed by atoms with Crippen LogP contribution >= 0.6 is 11.8 Å². The van der Waals surface area contributed by atoms with E-state index in [1.807, 2.05) is 18.5 Å². The van der Waals surface area contributed by atoms with Crippen molar-refractivity contribution in [2.75, 3.05) is 6.26 Å². The quantitative estimate of drug-likeness (QED) is 0.725. The van der Waals surface area contributed by atoms with E-state index < -0.39 is 0 Å². The van der Waals surface area contributed by atoms with Crippen molar-refractivity contribution in [3.05, 3.63) is 41.9 Å². The van der Waals surface area contributed by atoms with Gasteiger partial charge in [0.2, 0.25) is 5.91 Å². The third-order valence-electron chi connectivity index (χ3n) is 3.41. The molecule has 0 bridgehead atoms. The van der Waals surface area contributed by atoms with Gasteiger partial charge in [-0.1, -0.05) is 0 Å². The molecule has 0 unspecified atom stereocenters. The van der Waals surface area contributed by atoms with Crippen LogP contribution in [0.3, 0.4) is 0 Å². The first kappa shape index (κ1) is 14.6. The van der Waals surface area contributed by atoms with Crippen molar-refractivity contribution in [3.8, 4) is 11.3 Å². The molecule has 0 aliphatic carbocycles. The van der Waals surface area contributed by atoms with E-state index in [0.717, 1.165) is 32.7 Å². The second-order valence-corrected chi connectivity index (χ2v) is 5.97. The van der Waals surface area contributed by atoms with Gasteiger partial charge in [0, 0.05) is 17.1 Å². The topological polar surface area (TPSA) is 84.7 Å². The van der Waals surface area contributed by atoms with Gasteiger partial charge in [-0.05, 0) is 36.9 Å². The van der Waals surface area contributed by atoms with E-state index in [9.17, 15) is 4.79 Å². The molecule has 0 saturated heterocycles. The van der Waals surface area contributed by atoms with Crippen LogP contribution < -0.4 is 5.73 Å². The molecule has 0 atom stereocenters. The van der Waals surface area contributed by atoms with Crippen molar-refractivity contribution in [3.63, 3.8) is 0 Å². The van der Waals surface area contributed by atoms with Crippen molar-refractivity contribution < 1.29 is 4.79 Å². The van der Waals surface area contributed by atoms with Gasteiger partial charge in [0.1, 0.15) is 0 Å². The molecule has 3 aromatic rings. The third-order valence-corrected chi connectivity index (χ3v) is 4.04. The number of carbonyl (C=O) groups excluding carboxylic acids is 1. The second-order valence-electron chi connectivity index (χ2n) is 5.14. The number of H-pyrrole nitrogens is 1. The van der Waals surface area contributed by atoms with Crippen LogP contribution in [0, 0.1) is 6.92 Å². The van der Waals surface area contributed by atoms with Crippen LogP contribution in [0.1, 0.15) is 11.3 Å². The summed E-state index contributed by atoms with van der Waals surface area (Å²) in [5.74, 6) is -0.387. The van der Waals surface area contributed by atoms with E-state index in [0.29, 0.717) is 5.69 Å². The van der Waals surface area contributed by atoms with Gasteiger partial charge >= 0.3 is 0 Å². The van der Waals surface area contributed by atoms with E-state index in [1.165, 1.54) is 0 Å². The monoisotopic (exact) mass is 312 g/mol. The van der Waals surface area contributed by atoms with Gasteiger partial charge < -0.3 is 10.7 Å². The lowest BCUT2D eigenvalue weighted by Crippen LogP contribution is -2.14. The van der Waals surface area contributed by atoms with Crippen LogP contribution in [0.25, 0.3) is 22.2 Å². The summed E-state index contributed by atoms with van der Waals surface area (Å²) in [6.07, 6.45) is 5.79. The molecular formula is C16H16N4OS. The summed E-state index contributed by atoms with van der Waals surface area (Å²) in [6.45, 7) is 2.06. The molecule has 112 valence electrons. The van der Waals surface area contributed by atoms with Gasteiger partial charge in [-0.15, -0.1) is 11.8 Å². The molecule has 1 amide bonds. The zero-order valence-electron chi connectivity index (χ0n) is 12.4. The molecule has 6 heteroatoms. The van der Waals surface area contributed by atoms with Gasteiger partial charge in [0.25, 0.3) is 0 Å². The number of thioether (sulfide) groups is 1. The van der Waals surface area contributed by atoms with Crippen LogP contribution in [-0.2, 0) is 11.2 Å². The Morgan fingerprint density at radius 1 is 1.36 bits per heavy atom. The molecule has 0 fully saturated rings. The molecule has 3 aromatic heterocycles. The van der Waals surface area contributed by atoms with Crippen LogP contribution in [0.5, 0.6) is 0 Å². The minimum atomic E-state index is -0.387. The first-order valence-electron chi connectivity index (χ1n) is 6.84. The molecule has 22 heavy (non-hydrogen) atoms. The SMILES string of the molecule is CSc1cc(C)cc(-c2c[nH]c3cnc(CC(N)=O)cc23)n1. The number of nitrogens with one attached hydrogen (secondary N) is 1. The Hall–Kier alpha value is -2.34. The third kappa shape index (κ3) is 2.82. The van der Waals surface area contributed by atoms with Crippen molar-refractivity contribution in [1.29, 1.82) is 0 Å². The number of nitrogens with two attached hydrogens (primary N) is 1. The van der Waals surface area contributed by atoms with Gasteiger partial charge in [0.05, 0.1) is 34.5 Å². The van der Waals surface area contributed by atoms with Crippen LogP contribution in [0.2, 0.25) is 0 Å². The zero-order valence-corrected chi connectivity index (χ0v) is 13.2. The molecule has 0 radical (unpaired) electrons. The Morgan fingerprint density at radius 3 is 2.91 bits per heavy atom. The number of pyridine rings is 2. The number of rotatable bonds is 4. The van der Waals surface area contributed by atoms with Crippen molar-refractivity contribution in [2.45, 2.75) is 18.4 Å². The maximum Gasteiger partial charge on any atom is 0.223 e. The number of primary amides is 1. The first-order chi connectivity index (χ1) is 10.6. The molecule has 0 aliphatic heterocycles. The number of amides is 1. The number of aromatic amines is 1. The van der Waals surface area contributed by atoms with E-state index in [2.05, 4.69) is 34.0 Å². The summed E-state index contributed by atoms with van der Waals surface area (Å²) in [4.78, 5) is 23.2. The molecule has 0 aliphatic rings. The molecule has 0 spiro atoms. The Kier molecular flexibility index (Phi) is 3.85. The van der Waals surface area contributed by atoms with Crippen molar-refractivity contribution in [1.82, 2.24) is 15.0 Å². The standard InChI is InChI=1S/C16H16N4OS/c1-9-3-13(20-16(4-9)22-2)12-7-19-14-8-18-10(5-11(12)14)6-15(17)21/h3-5,7-8,19H,6H2,1-2H3,(H2,17,21). The highest BCUT2D eigenvalue weighted by Crippen LogP contribution is 2.29. The zero-order chi connectivity index (χ0) is 15.7. The van der Waals surface area contributed by atoms with Crippen LogP contribution in [0.4, 0.5) is 0 Å². The predicted octanol–water partition coefficient (Wildman–Crippen LogP) is 2.68. The number of fused-ring (bicyclic) bond motifs is 1. The molecule has 3 N–H and O–H groups in total. The van der Waals surface area contributed by atoms with E-state index in [1.54, 1.807) is 18.0 Å². The minimum Gasteiger partial charge on any atom is -0.369 e. The Morgan fingerprint density at radius 2 is 2.18 bits per heavy atom. The Labute approximate surface area is 132 Å². The van der Waals surface area contributed by atoms with Gasteiger partial charge in [-0.3, -0.25) is 9.78 Å². The summed E-state index contributed by atoms with van der Waals surface area (Å²) in [7, 11) is 0. The molecule has 0 saturated carbocycles. The van der Waals surface area contributed by atoms with Crippen LogP contribution in [-0.4, -0.2) is 27.1 Å². The average molecular weight is 312 g/mol. The molecule has 3 heterocycles. The fraction of sp³-hybridized carbons (Fsp3) is 0.188. The maximum atomic E-state index is 11.1. The fourth-order valence-corrected chi connectivity index (χ4v) is 2.92.